The minimum atomic E-state index is -0.262. The maximum absolute atomic E-state index is 12.9. The third-order valence-corrected chi connectivity index (χ3v) is 7.10. The molecule has 0 N–H and O–H groups in total. The first-order chi connectivity index (χ1) is 13.9. The molecule has 29 heavy (non-hydrogen) atoms. The zero-order valence-corrected chi connectivity index (χ0v) is 17.4. The van der Waals surface area contributed by atoms with E-state index in [0.29, 0.717) is 18.4 Å². The highest BCUT2D eigenvalue weighted by Gasteiger charge is 2.51. The summed E-state index contributed by atoms with van der Waals surface area (Å²) in [4.78, 5) is 27.4. The highest BCUT2D eigenvalue weighted by Crippen LogP contribution is 2.56. The number of esters is 1. The number of hydrogen-bond donors (Lipinski definition) is 0. The van der Waals surface area contributed by atoms with Crippen LogP contribution in [0.4, 0.5) is 5.69 Å². The molecule has 4 fully saturated rings. The van der Waals surface area contributed by atoms with Gasteiger partial charge in [0.15, 0.2) is 6.61 Å². The van der Waals surface area contributed by atoms with Crippen molar-refractivity contribution >= 4 is 17.6 Å². The summed E-state index contributed by atoms with van der Waals surface area (Å²) in [5.74, 6) is 2.02. The molecule has 0 heterocycles. The van der Waals surface area contributed by atoms with Crippen molar-refractivity contribution in [1.29, 1.82) is 5.26 Å². The first-order valence-electron chi connectivity index (χ1n) is 10.9. The Morgan fingerprint density at radius 3 is 2.17 bits per heavy atom. The van der Waals surface area contributed by atoms with Gasteiger partial charge in [-0.05, 0) is 92.9 Å². The summed E-state index contributed by atoms with van der Waals surface area (Å²) in [6.45, 7) is 4.01. The molecule has 5 rings (SSSR count). The first kappa shape index (κ1) is 19.9. The van der Waals surface area contributed by atoms with Crippen LogP contribution < -0.4 is 4.90 Å². The summed E-state index contributed by atoms with van der Waals surface area (Å²) >= 11 is 0. The number of benzene rings is 1. The smallest absolute Gasteiger partial charge is 0.310 e. The van der Waals surface area contributed by atoms with E-state index in [1.165, 1.54) is 6.42 Å². The number of carbonyl (C=O) groups is 2. The van der Waals surface area contributed by atoms with E-state index in [0.717, 1.165) is 54.3 Å². The third kappa shape index (κ3) is 4.17. The second-order valence-electron chi connectivity index (χ2n) is 9.36. The summed E-state index contributed by atoms with van der Waals surface area (Å²) < 4.78 is 5.56. The predicted octanol–water partition coefficient (Wildman–Crippen LogP) is 4.17. The number of nitrogens with zero attached hydrogens (tertiary/aromatic N) is 2. The third-order valence-electron chi connectivity index (χ3n) is 7.10. The molecule has 0 aromatic heterocycles. The van der Waals surface area contributed by atoms with Gasteiger partial charge in [-0.25, -0.2) is 0 Å². The summed E-state index contributed by atoms with van der Waals surface area (Å²) in [6.07, 6.45) is 6.18. The fourth-order valence-electron chi connectivity index (χ4n) is 6.28. The van der Waals surface area contributed by atoms with Gasteiger partial charge in [0.25, 0.3) is 5.91 Å². The van der Waals surface area contributed by atoms with Gasteiger partial charge in [0, 0.05) is 12.2 Å². The number of anilines is 1. The maximum atomic E-state index is 12.9. The van der Waals surface area contributed by atoms with E-state index in [2.05, 4.69) is 6.07 Å². The van der Waals surface area contributed by atoms with E-state index in [4.69, 9.17) is 10.00 Å². The van der Waals surface area contributed by atoms with Crippen molar-refractivity contribution < 1.29 is 14.3 Å². The molecule has 4 aliphatic carbocycles. The van der Waals surface area contributed by atoms with Crippen LogP contribution in [0.1, 0.15) is 49.7 Å². The second-order valence-corrected chi connectivity index (χ2v) is 9.36. The van der Waals surface area contributed by atoms with Gasteiger partial charge >= 0.3 is 5.97 Å². The van der Waals surface area contributed by atoms with Gasteiger partial charge in [-0.15, -0.1) is 0 Å². The van der Waals surface area contributed by atoms with Gasteiger partial charge in [0.2, 0.25) is 0 Å². The molecule has 1 aromatic rings. The fraction of sp³-hybridized carbons (Fsp3) is 0.625. The van der Waals surface area contributed by atoms with Gasteiger partial charge in [-0.3, -0.25) is 9.59 Å². The second kappa shape index (κ2) is 8.18. The highest BCUT2D eigenvalue weighted by molar-refractivity contribution is 5.95. The van der Waals surface area contributed by atoms with Crippen LogP contribution in [-0.4, -0.2) is 25.0 Å². The van der Waals surface area contributed by atoms with Crippen molar-refractivity contribution in [1.82, 2.24) is 0 Å². The van der Waals surface area contributed by atoms with Crippen LogP contribution in [0.15, 0.2) is 18.2 Å². The van der Waals surface area contributed by atoms with Gasteiger partial charge in [0.1, 0.15) is 0 Å². The predicted molar refractivity (Wildman–Crippen MR) is 110 cm³/mol. The van der Waals surface area contributed by atoms with Crippen molar-refractivity contribution in [3.8, 4) is 6.07 Å². The molecule has 1 aromatic carbocycles. The van der Waals surface area contributed by atoms with Crippen molar-refractivity contribution in [2.75, 3.05) is 18.1 Å². The van der Waals surface area contributed by atoms with Crippen molar-refractivity contribution in [2.24, 2.45) is 29.6 Å². The fourth-order valence-corrected chi connectivity index (χ4v) is 6.28. The molecular formula is C24H30N2O3. The number of hydrogen-bond acceptors (Lipinski definition) is 4. The molecule has 154 valence electrons. The Hall–Kier alpha value is -2.35. The Labute approximate surface area is 173 Å². The highest BCUT2D eigenvalue weighted by atomic mass is 16.5. The zero-order valence-electron chi connectivity index (χ0n) is 17.4. The van der Waals surface area contributed by atoms with E-state index in [1.54, 1.807) is 4.90 Å². The monoisotopic (exact) mass is 394 g/mol. The number of rotatable bonds is 6. The Balaban J connectivity index is 1.41. The molecule has 4 saturated carbocycles. The standard InChI is InChI=1S/C24H30N2O3/c1-15-6-16(2)8-21(7-15)26(5-3-4-25)22(27)14-29-24(28)23-19-10-17-9-18(12-19)13-20(23)11-17/h6-8,17-20,23H,3,5,9-14H2,1-2H3. The quantitative estimate of drug-likeness (QED) is 0.679. The van der Waals surface area contributed by atoms with Crippen LogP contribution in [0.2, 0.25) is 0 Å². The lowest BCUT2D eigenvalue weighted by atomic mass is 9.52. The average molecular weight is 395 g/mol. The van der Waals surface area contributed by atoms with Gasteiger partial charge < -0.3 is 9.64 Å². The SMILES string of the molecule is Cc1cc(C)cc(N(CCC#N)C(=O)COC(=O)C2C3CC4CC(C3)CC2C4)c1. The molecule has 5 nitrogen and oxygen atoms in total. The molecule has 5 heteroatoms. The molecule has 4 aliphatic rings. The molecule has 0 spiro atoms. The largest absolute Gasteiger partial charge is 0.455 e. The lowest BCUT2D eigenvalue weighted by Gasteiger charge is -2.53. The van der Waals surface area contributed by atoms with E-state index in [1.807, 2.05) is 32.0 Å². The Bertz CT molecular complexity index is 793. The van der Waals surface area contributed by atoms with Gasteiger partial charge in [-0.2, -0.15) is 5.26 Å². The Morgan fingerprint density at radius 2 is 1.62 bits per heavy atom. The van der Waals surface area contributed by atoms with Crippen LogP contribution in [0.25, 0.3) is 0 Å². The summed E-state index contributed by atoms with van der Waals surface area (Å²) in [5, 5.41) is 8.98. The molecule has 0 unspecified atom stereocenters. The molecule has 1 amide bonds. The Kier molecular flexibility index (Phi) is 5.63. The normalized spacial score (nSPS) is 29.3. The van der Waals surface area contributed by atoms with Crippen molar-refractivity contribution in [3.63, 3.8) is 0 Å². The van der Waals surface area contributed by atoms with Crippen molar-refractivity contribution in [3.05, 3.63) is 29.3 Å². The summed E-state index contributed by atoms with van der Waals surface area (Å²) in [6, 6.07) is 8.01. The number of carbonyl (C=O) groups excluding carboxylic acids is 2. The number of ether oxygens (including phenoxy) is 1. The molecule has 0 aliphatic heterocycles. The number of aryl methyl sites for hydroxylation is 2. The molecule has 0 atom stereocenters. The average Bonchev–Trinajstić information content (AvgIpc) is 2.65. The number of amides is 1. The van der Waals surface area contributed by atoms with Crippen LogP contribution in [-0.2, 0) is 14.3 Å². The van der Waals surface area contributed by atoms with Gasteiger partial charge in [0.05, 0.1) is 18.4 Å². The first-order valence-corrected chi connectivity index (χ1v) is 10.9. The van der Waals surface area contributed by atoms with Crippen molar-refractivity contribution in [2.45, 2.75) is 52.4 Å². The summed E-state index contributed by atoms with van der Waals surface area (Å²) in [5.41, 5.74) is 2.87. The van der Waals surface area contributed by atoms with Gasteiger partial charge in [-0.1, -0.05) is 6.07 Å². The zero-order chi connectivity index (χ0) is 20.5. The maximum Gasteiger partial charge on any atom is 0.310 e. The minimum absolute atomic E-state index is 0.0237. The van der Waals surface area contributed by atoms with Crippen LogP contribution in [0, 0.1) is 54.8 Å². The topological polar surface area (TPSA) is 70.4 Å². The molecule has 0 saturated heterocycles. The van der Waals surface area contributed by atoms with Crippen LogP contribution in [0.3, 0.4) is 0 Å². The summed E-state index contributed by atoms with van der Waals surface area (Å²) in [7, 11) is 0. The molecular weight excluding hydrogens is 364 g/mol. The van der Waals surface area contributed by atoms with E-state index >= 15 is 0 Å². The Morgan fingerprint density at radius 1 is 1.03 bits per heavy atom. The van der Waals surface area contributed by atoms with E-state index < -0.39 is 0 Å². The molecule has 0 radical (unpaired) electrons. The van der Waals surface area contributed by atoms with E-state index in [9.17, 15) is 9.59 Å². The number of nitriles is 1. The van der Waals surface area contributed by atoms with Crippen LogP contribution in [0.5, 0.6) is 0 Å². The van der Waals surface area contributed by atoms with E-state index in [-0.39, 0.29) is 30.8 Å². The lowest BCUT2D eigenvalue weighted by Crippen LogP contribution is -2.49. The van der Waals surface area contributed by atoms with Crippen LogP contribution >= 0.6 is 0 Å². The minimum Gasteiger partial charge on any atom is -0.455 e. The lowest BCUT2D eigenvalue weighted by molar-refractivity contribution is -0.164. The molecule has 4 bridgehead atoms.